The van der Waals surface area contributed by atoms with Crippen LogP contribution >= 0.6 is 0 Å². The Labute approximate surface area is 216 Å². The van der Waals surface area contributed by atoms with Gasteiger partial charge in [0.15, 0.2) is 11.9 Å². The standard InChI is InChI=1S/C15H19NO8.3C2H4O.2CH4O/c1-21-10-6-13(15(18)22-2)24-14(7-10)23-12-4-3-9(8-17)5-11(12)16(19)20;3*1-2-3;2*1-2/h3-5,10,13-14,17H,6-8H2,1-2H3;3*2H,1H3;2*2H,1H3/t10?,13-,14?;;;;;/m0...../s1. The Hall–Kier alpha value is -3.30. The van der Waals surface area contributed by atoms with Gasteiger partial charge in [-0.05, 0) is 32.4 Å². The number of nitrogens with zero attached hydrogens (tertiary/aromatic N) is 1. The van der Waals surface area contributed by atoms with Crippen LogP contribution < -0.4 is 4.74 Å². The van der Waals surface area contributed by atoms with Crippen LogP contribution in [0.5, 0.6) is 5.75 Å². The van der Waals surface area contributed by atoms with Crippen LogP contribution in [0.4, 0.5) is 5.69 Å². The van der Waals surface area contributed by atoms with Gasteiger partial charge in [0.05, 0.1) is 24.7 Å². The molecular weight excluding hydrogens is 498 g/mol. The van der Waals surface area contributed by atoms with Gasteiger partial charge in [-0.1, -0.05) is 6.07 Å². The van der Waals surface area contributed by atoms with Gasteiger partial charge in [-0.2, -0.15) is 0 Å². The predicted molar refractivity (Wildman–Crippen MR) is 132 cm³/mol. The van der Waals surface area contributed by atoms with Crippen molar-refractivity contribution in [1.29, 1.82) is 0 Å². The molecule has 3 atom stereocenters. The van der Waals surface area contributed by atoms with Crippen molar-refractivity contribution in [3.63, 3.8) is 0 Å². The van der Waals surface area contributed by atoms with Crippen LogP contribution in [0, 0.1) is 10.1 Å². The van der Waals surface area contributed by atoms with Crippen LogP contribution in [0.15, 0.2) is 18.2 Å². The molecule has 1 saturated heterocycles. The first kappa shape index (κ1) is 40.9. The lowest BCUT2D eigenvalue weighted by Crippen LogP contribution is -2.43. The van der Waals surface area contributed by atoms with Crippen LogP contribution in [-0.2, 0) is 40.0 Å². The fourth-order valence-electron chi connectivity index (χ4n) is 2.44. The number of hydrogen-bond donors (Lipinski definition) is 3. The maximum atomic E-state index is 11.7. The lowest BCUT2D eigenvalue weighted by Gasteiger charge is -2.33. The van der Waals surface area contributed by atoms with Crippen molar-refractivity contribution in [2.75, 3.05) is 28.4 Å². The molecule has 0 spiro atoms. The van der Waals surface area contributed by atoms with E-state index in [1.807, 2.05) is 0 Å². The zero-order valence-corrected chi connectivity index (χ0v) is 22.2. The Balaban J connectivity index is -0.000000356. The third-order valence-corrected chi connectivity index (χ3v) is 3.71. The van der Waals surface area contributed by atoms with Gasteiger partial charge in [0, 0.05) is 40.2 Å². The van der Waals surface area contributed by atoms with Crippen LogP contribution in [0.25, 0.3) is 0 Å². The third-order valence-electron chi connectivity index (χ3n) is 3.71. The second kappa shape index (κ2) is 28.9. The molecule has 1 aromatic rings. The monoisotopic (exact) mass is 537 g/mol. The van der Waals surface area contributed by atoms with E-state index >= 15 is 0 Å². The van der Waals surface area contributed by atoms with Gasteiger partial charge in [0.25, 0.3) is 0 Å². The highest BCUT2D eigenvalue weighted by molar-refractivity contribution is 5.74. The van der Waals surface area contributed by atoms with Crippen molar-refractivity contribution in [3.05, 3.63) is 33.9 Å². The van der Waals surface area contributed by atoms with E-state index in [9.17, 15) is 14.9 Å². The molecule has 2 rings (SSSR count). The molecule has 0 saturated carbocycles. The largest absolute Gasteiger partial charge is 0.467 e. The highest BCUT2D eigenvalue weighted by Crippen LogP contribution is 2.32. The van der Waals surface area contributed by atoms with Gasteiger partial charge in [-0.3, -0.25) is 10.1 Å². The molecule has 0 aliphatic carbocycles. The molecule has 2 unspecified atom stereocenters. The second-order valence-corrected chi connectivity index (χ2v) is 5.95. The molecule has 1 aromatic carbocycles. The number of aldehydes is 3. The molecule has 214 valence electrons. The summed E-state index contributed by atoms with van der Waals surface area (Å²) in [5, 5.41) is 34.3. The summed E-state index contributed by atoms with van der Waals surface area (Å²) in [4.78, 5) is 48.7. The summed E-state index contributed by atoms with van der Waals surface area (Å²) in [5.41, 5.74) is 0.0973. The van der Waals surface area contributed by atoms with Gasteiger partial charge in [-0.25, -0.2) is 4.79 Å². The molecule has 0 bridgehead atoms. The van der Waals surface area contributed by atoms with E-state index in [-0.39, 0.29) is 24.1 Å². The van der Waals surface area contributed by atoms with E-state index in [1.165, 1.54) is 53.2 Å². The summed E-state index contributed by atoms with van der Waals surface area (Å²) in [6.45, 7) is 4.01. The number of nitro benzene ring substituents is 1. The smallest absolute Gasteiger partial charge is 0.335 e. The lowest BCUT2D eigenvalue weighted by atomic mass is 10.0. The molecule has 3 N–H and O–H groups in total. The minimum atomic E-state index is -0.897. The Morgan fingerprint density at radius 2 is 1.54 bits per heavy atom. The fraction of sp³-hybridized carbons (Fsp3) is 0.565. The van der Waals surface area contributed by atoms with Crippen LogP contribution in [-0.4, -0.2) is 92.0 Å². The van der Waals surface area contributed by atoms with Gasteiger partial charge >= 0.3 is 11.7 Å². The average Bonchev–Trinajstić information content (AvgIpc) is 2.91. The third kappa shape index (κ3) is 19.6. The summed E-state index contributed by atoms with van der Waals surface area (Å²) in [7, 11) is 4.75. The number of methoxy groups -OCH3 is 2. The van der Waals surface area contributed by atoms with Gasteiger partial charge < -0.3 is 48.7 Å². The van der Waals surface area contributed by atoms with Crippen molar-refractivity contribution in [1.82, 2.24) is 0 Å². The summed E-state index contributed by atoms with van der Waals surface area (Å²) in [6, 6.07) is 4.12. The Morgan fingerprint density at radius 3 is 1.92 bits per heavy atom. The van der Waals surface area contributed by atoms with Crippen molar-refractivity contribution < 1.29 is 58.4 Å². The molecule has 1 fully saturated rings. The van der Waals surface area contributed by atoms with E-state index in [2.05, 4.69) is 4.74 Å². The first-order chi connectivity index (χ1) is 17.7. The Bertz CT molecular complexity index is 729. The molecule has 14 nitrogen and oxygen atoms in total. The maximum Gasteiger partial charge on any atom is 0.335 e. The number of esters is 1. The molecule has 0 amide bonds. The van der Waals surface area contributed by atoms with Crippen LogP contribution in [0.1, 0.15) is 39.2 Å². The van der Waals surface area contributed by atoms with Crippen molar-refractivity contribution in [2.24, 2.45) is 0 Å². The second-order valence-electron chi connectivity index (χ2n) is 5.95. The number of hydrogen-bond acceptors (Lipinski definition) is 13. The van der Waals surface area contributed by atoms with Crippen molar-refractivity contribution >= 4 is 30.5 Å². The molecule has 37 heavy (non-hydrogen) atoms. The van der Waals surface area contributed by atoms with E-state index in [0.29, 0.717) is 18.4 Å². The number of carbonyl (C=O) groups excluding carboxylic acids is 4. The molecule has 1 heterocycles. The number of benzene rings is 1. The van der Waals surface area contributed by atoms with Crippen LogP contribution in [0.3, 0.4) is 0 Å². The molecule has 1 aliphatic heterocycles. The van der Waals surface area contributed by atoms with Crippen molar-refractivity contribution in [3.8, 4) is 5.75 Å². The minimum Gasteiger partial charge on any atom is -0.467 e. The number of nitro groups is 1. The van der Waals surface area contributed by atoms with Gasteiger partial charge in [0.1, 0.15) is 18.9 Å². The normalized spacial score (nSPS) is 16.6. The highest BCUT2D eigenvalue weighted by atomic mass is 16.7. The zero-order valence-electron chi connectivity index (χ0n) is 22.2. The quantitative estimate of drug-likeness (QED) is 0.200. The van der Waals surface area contributed by atoms with Crippen LogP contribution in [0.2, 0.25) is 0 Å². The van der Waals surface area contributed by atoms with E-state index in [1.54, 1.807) is 0 Å². The lowest BCUT2D eigenvalue weighted by molar-refractivity contribution is -0.386. The van der Waals surface area contributed by atoms with Crippen molar-refractivity contribution in [2.45, 2.75) is 58.7 Å². The number of aliphatic hydroxyl groups excluding tert-OH is 3. The summed E-state index contributed by atoms with van der Waals surface area (Å²) < 4.78 is 21.0. The molecule has 1 aliphatic rings. The maximum absolute atomic E-state index is 11.7. The number of carbonyl (C=O) groups is 4. The van der Waals surface area contributed by atoms with E-state index in [0.717, 1.165) is 33.1 Å². The Kier molecular flexibility index (Phi) is 31.9. The molecule has 0 radical (unpaired) electrons. The summed E-state index contributed by atoms with van der Waals surface area (Å²) in [6.07, 6.45) is 0.807. The van der Waals surface area contributed by atoms with E-state index < -0.39 is 23.3 Å². The van der Waals surface area contributed by atoms with Gasteiger partial charge in [0.2, 0.25) is 6.29 Å². The SMILES string of the molecule is CC=O.CC=O.CC=O.CO.CO.COC(=O)[C@@H]1CC(OC)CC(Oc2ccc(CO)cc2[N+](=O)[O-])O1. The highest BCUT2D eigenvalue weighted by Gasteiger charge is 2.36. The molecule has 14 heteroatoms. The summed E-state index contributed by atoms with van der Waals surface area (Å²) in [5.74, 6) is -0.571. The summed E-state index contributed by atoms with van der Waals surface area (Å²) >= 11 is 0. The van der Waals surface area contributed by atoms with E-state index in [4.69, 9.17) is 43.9 Å². The topological polar surface area (TPSA) is 209 Å². The number of ether oxygens (including phenoxy) is 4. The average molecular weight is 538 g/mol. The zero-order chi connectivity index (χ0) is 29.8. The first-order valence-electron chi connectivity index (χ1n) is 10.6. The first-order valence-corrected chi connectivity index (χ1v) is 10.6. The molecule has 0 aromatic heterocycles. The fourth-order valence-corrected chi connectivity index (χ4v) is 2.44. The Morgan fingerprint density at radius 1 is 1.05 bits per heavy atom. The van der Waals surface area contributed by atoms with Gasteiger partial charge in [-0.15, -0.1) is 0 Å². The molecular formula is C23H39NO13. The minimum absolute atomic E-state index is 0.0115. The number of aliphatic hydroxyl groups is 3. The predicted octanol–water partition coefficient (Wildman–Crippen LogP) is 0.992. The number of rotatable bonds is 6.